The minimum atomic E-state index is 0.729. The number of furan rings is 1. The van der Waals surface area contributed by atoms with E-state index in [4.69, 9.17) is 4.42 Å². The molecule has 11 rings (SSSR count). The van der Waals surface area contributed by atoms with Gasteiger partial charge in [0, 0.05) is 51.2 Å². The molecule has 0 bridgehead atoms. The second kappa shape index (κ2) is 14.1. The second-order valence-electron chi connectivity index (χ2n) is 14.9. The molecule has 1 aliphatic heterocycles. The van der Waals surface area contributed by atoms with Crippen LogP contribution in [0.5, 0.6) is 0 Å². The van der Waals surface area contributed by atoms with Crippen molar-refractivity contribution in [3.8, 4) is 44.5 Å². The molecule has 0 fully saturated rings. The summed E-state index contributed by atoms with van der Waals surface area (Å²) in [6, 6.07) is 78.3. The third kappa shape index (κ3) is 5.84. The Morgan fingerprint density at radius 2 is 0.897 bits per heavy atom. The van der Waals surface area contributed by atoms with Crippen molar-refractivity contribution in [2.45, 2.75) is 6.54 Å². The van der Waals surface area contributed by atoms with E-state index in [1.54, 1.807) is 0 Å². The van der Waals surface area contributed by atoms with Gasteiger partial charge in [-0.15, -0.1) is 0 Å². The van der Waals surface area contributed by atoms with E-state index in [0.717, 1.165) is 62.5 Å². The van der Waals surface area contributed by atoms with Crippen LogP contribution in [0.3, 0.4) is 0 Å². The third-order valence-electron chi connectivity index (χ3n) is 11.5. The summed E-state index contributed by atoms with van der Waals surface area (Å²) in [6.07, 6.45) is 0. The van der Waals surface area contributed by atoms with Crippen molar-refractivity contribution in [3.05, 3.63) is 224 Å². The van der Waals surface area contributed by atoms with Gasteiger partial charge in [0.25, 0.3) is 0 Å². The van der Waals surface area contributed by atoms with E-state index < -0.39 is 0 Å². The maximum Gasteiger partial charge on any atom is 0.145 e. The van der Waals surface area contributed by atoms with Crippen molar-refractivity contribution in [1.29, 1.82) is 0 Å². The highest BCUT2D eigenvalue weighted by Gasteiger charge is 2.31. The summed E-state index contributed by atoms with van der Waals surface area (Å²) >= 11 is 0. The number of hydrogen-bond acceptors (Lipinski definition) is 3. The topological polar surface area (TPSA) is 19.6 Å². The standard InChI is InChI=1S/C55H38N2O/c1-4-14-38(15-5-1)40-24-26-42(27-25-40)50-36-51-49-22-12-13-23-52(49)58-55(51)53-48-21-11-10-18-43(48)37-56(54(50)53)44-32-34-47(35-33-44)57(45-19-8-3-9-20-45)46-30-28-41(29-31-46)39-16-6-2-7-17-39/h1-36H,37H2. The van der Waals surface area contributed by atoms with Crippen molar-refractivity contribution >= 4 is 50.4 Å². The molecule has 1 aromatic heterocycles. The number of fused-ring (bicyclic) bond motifs is 7. The highest BCUT2D eigenvalue weighted by Crippen LogP contribution is 2.53. The van der Waals surface area contributed by atoms with Crippen LogP contribution in [0.4, 0.5) is 28.4 Å². The number of hydrogen-bond donors (Lipinski definition) is 0. The summed E-state index contributed by atoms with van der Waals surface area (Å²) in [5.74, 6) is 0. The summed E-state index contributed by atoms with van der Waals surface area (Å²) in [6.45, 7) is 0.729. The number of para-hydroxylation sites is 2. The summed E-state index contributed by atoms with van der Waals surface area (Å²) in [5, 5.41) is 2.25. The van der Waals surface area contributed by atoms with E-state index in [1.165, 1.54) is 44.5 Å². The number of benzene rings is 9. The van der Waals surface area contributed by atoms with Crippen LogP contribution in [-0.2, 0) is 6.54 Å². The molecule has 0 radical (unpaired) electrons. The van der Waals surface area contributed by atoms with E-state index in [-0.39, 0.29) is 0 Å². The minimum Gasteiger partial charge on any atom is -0.455 e. The molecule has 274 valence electrons. The van der Waals surface area contributed by atoms with Crippen LogP contribution in [0, 0.1) is 0 Å². The molecule has 0 amide bonds. The number of anilines is 5. The predicted molar refractivity (Wildman–Crippen MR) is 242 cm³/mol. The summed E-state index contributed by atoms with van der Waals surface area (Å²) in [7, 11) is 0. The van der Waals surface area contributed by atoms with Crippen molar-refractivity contribution < 1.29 is 4.42 Å². The first kappa shape index (κ1) is 33.7. The van der Waals surface area contributed by atoms with Gasteiger partial charge in [-0.1, -0.05) is 158 Å². The zero-order valence-electron chi connectivity index (χ0n) is 31.8. The van der Waals surface area contributed by atoms with Crippen molar-refractivity contribution in [3.63, 3.8) is 0 Å². The highest BCUT2D eigenvalue weighted by atomic mass is 16.3. The molecule has 0 unspecified atom stereocenters. The highest BCUT2D eigenvalue weighted by molar-refractivity contribution is 6.17. The van der Waals surface area contributed by atoms with Crippen LogP contribution in [0.15, 0.2) is 223 Å². The van der Waals surface area contributed by atoms with Crippen LogP contribution in [-0.4, -0.2) is 0 Å². The fourth-order valence-corrected chi connectivity index (χ4v) is 8.68. The molecule has 3 heteroatoms. The minimum absolute atomic E-state index is 0.729. The molecule has 3 nitrogen and oxygen atoms in total. The quantitative estimate of drug-likeness (QED) is 0.162. The molecule has 58 heavy (non-hydrogen) atoms. The molecule has 9 aromatic carbocycles. The molecular weight excluding hydrogens is 705 g/mol. The first-order valence-electron chi connectivity index (χ1n) is 19.9. The van der Waals surface area contributed by atoms with Crippen molar-refractivity contribution in [1.82, 2.24) is 0 Å². The van der Waals surface area contributed by atoms with E-state index in [9.17, 15) is 0 Å². The Bertz CT molecular complexity index is 3040. The van der Waals surface area contributed by atoms with Crippen molar-refractivity contribution in [2.75, 3.05) is 9.80 Å². The van der Waals surface area contributed by atoms with E-state index >= 15 is 0 Å². The predicted octanol–water partition coefficient (Wildman–Crippen LogP) is 15.4. The van der Waals surface area contributed by atoms with Crippen LogP contribution < -0.4 is 9.80 Å². The summed E-state index contributed by atoms with van der Waals surface area (Å²) in [5.41, 5.74) is 18.1. The summed E-state index contributed by atoms with van der Waals surface area (Å²) in [4.78, 5) is 4.81. The van der Waals surface area contributed by atoms with Gasteiger partial charge in [-0.3, -0.25) is 0 Å². The zero-order chi connectivity index (χ0) is 38.4. The first-order chi connectivity index (χ1) is 28.8. The smallest absolute Gasteiger partial charge is 0.145 e. The Hall–Kier alpha value is -7.62. The number of nitrogens with zero attached hydrogens (tertiary/aromatic N) is 2. The lowest BCUT2D eigenvalue weighted by molar-refractivity contribution is 0.669. The van der Waals surface area contributed by atoms with Gasteiger partial charge >= 0.3 is 0 Å². The average molecular weight is 743 g/mol. The SMILES string of the molecule is c1ccc(-c2ccc(-c3cc4c(oc5ccccc54)c4c3N(c3ccc(N(c5ccccc5)c5ccc(-c6ccccc6)cc5)cc3)Cc3ccccc3-4)cc2)cc1. The number of rotatable bonds is 7. The summed E-state index contributed by atoms with van der Waals surface area (Å²) < 4.78 is 6.81. The lowest BCUT2D eigenvalue weighted by Crippen LogP contribution is -2.22. The second-order valence-corrected chi connectivity index (χ2v) is 14.9. The fourth-order valence-electron chi connectivity index (χ4n) is 8.68. The molecule has 2 heterocycles. The van der Waals surface area contributed by atoms with Gasteiger partial charge in [-0.25, -0.2) is 0 Å². The Morgan fingerprint density at radius 1 is 0.397 bits per heavy atom. The first-order valence-corrected chi connectivity index (χ1v) is 19.9. The van der Waals surface area contributed by atoms with E-state index in [1.807, 2.05) is 0 Å². The van der Waals surface area contributed by atoms with Gasteiger partial charge in [0.1, 0.15) is 11.2 Å². The van der Waals surface area contributed by atoms with E-state index in [0.29, 0.717) is 0 Å². The molecule has 0 saturated heterocycles. The lowest BCUT2D eigenvalue weighted by Gasteiger charge is -2.35. The molecule has 1 aliphatic rings. The maximum absolute atomic E-state index is 6.81. The monoisotopic (exact) mass is 742 g/mol. The Labute approximate surface area is 338 Å². The maximum atomic E-state index is 6.81. The zero-order valence-corrected chi connectivity index (χ0v) is 31.8. The van der Waals surface area contributed by atoms with Gasteiger partial charge in [-0.2, -0.15) is 0 Å². The Balaban J connectivity index is 1.07. The van der Waals surface area contributed by atoms with Gasteiger partial charge < -0.3 is 14.2 Å². The van der Waals surface area contributed by atoms with Gasteiger partial charge in [-0.05, 0) is 99.6 Å². The fraction of sp³-hybridized carbons (Fsp3) is 0.0182. The Kier molecular flexibility index (Phi) is 8.22. The molecular formula is C55H38N2O. The van der Waals surface area contributed by atoms with Gasteiger partial charge in [0.05, 0.1) is 5.69 Å². The molecule has 0 spiro atoms. The molecule has 0 atom stereocenters. The molecule has 0 N–H and O–H groups in total. The van der Waals surface area contributed by atoms with E-state index in [2.05, 4.69) is 228 Å². The molecule has 0 aliphatic carbocycles. The largest absolute Gasteiger partial charge is 0.455 e. The lowest BCUT2D eigenvalue weighted by atomic mass is 9.86. The average Bonchev–Trinajstić information content (AvgIpc) is 3.68. The Morgan fingerprint density at radius 3 is 1.57 bits per heavy atom. The van der Waals surface area contributed by atoms with Crippen LogP contribution in [0.1, 0.15) is 5.56 Å². The van der Waals surface area contributed by atoms with Gasteiger partial charge in [0.2, 0.25) is 0 Å². The van der Waals surface area contributed by atoms with Crippen LogP contribution >= 0.6 is 0 Å². The third-order valence-corrected chi connectivity index (χ3v) is 11.5. The van der Waals surface area contributed by atoms with Crippen LogP contribution in [0.25, 0.3) is 66.4 Å². The van der Waals surface area contributed by atoms with Gasteiger partial charge in [0.15, 0.2) is 0 Å². The molecule has 10 aromatic rings. The van der Waals surface area contributed by atoms with Crippen molar-refractivity contribution in [2.24, 2.45) is 0 Å². The molecule has 0 saturated carbocycles. The van der Waals surface area contributed by atoms with Crippen LogP contribution in [0.2, 0.25) is 0 Å². The normalized spacial score (nSPS) is 12.0.